The molecule has 0 radical (unpaired) electrons. The lowest BCUT2D eigenvalue weighted by Gasteiger charge is -2.24. The number of methoxy groups -OCH3 is 1. The SMILES string of the molecule is CCCCC1=NC2(CCCC2)C(=O)N1Cc1ccc(-c2ccccc2S(=O)(=O)Nc2onc(C)c2C)c(CN(C)C(=O)COC)c1. The Morgan fingerprint density at radius 2 is 1.87 bits per heavy atom. The Labute approximate surface area is 271 Å². The molecule has 1 aliphatic heterocycles. The summed E-state index contributed by atoms with van der Waals surface area (Å²) >= 11 is 0. The van der Waals surface area contributed by atoms with Gasteiger partial charge in [-0.05, 0) is 55.9 Å². The predicted octanol–water partition coefficient (Wildman–Crippen LogP) is 5.61. The maximum absolute atomic E-state index is 13.8. The van der Waals surface area contributed by atoms with E-state index in [4.69, 9.17) is 14.3 Å². The maximum atomic E-state index is 13.8. The molecule has 1 aliphatic carbocycles. The number of aliphatic imine (C=N–C) groups is 1. The number of benzene rings is 2. The van der Waals surface area contributed by atoms with Gasteiger partial charge in [-0.1, -0.05) is 67.7 Å². The van der Waals surface area contributed by atoms with Crippen molar-refractivity contribution < 1.29 is 27.3 Å². The summed E-state index contributed by atoms with van der Waals surface area (Å²) in [4.78, 5) is 35.0. The van der Waals surface area contributed by atoms with Crippen LogP contribution in [0.5, 0.6) is 0 Å². The van der Waals surface area contributed by atoms with Crippen LogP contribution < -0.4 is 4.72 Å². The van der Waals surface area contributed by atoms with Gasteiger partial charge < -0.3 is 14.2 Å². The van der Waals surface area contributed by atoms with Crippen molar-refractivity contribution in [3.8, 4) is 11.1 Å². The van der Waals surface area contributed by atoms with Crippen molar-refractivity contribution in [1.29, 1.82) is 0 Å². The lowest BCUT2D eigenvalue weighted by atomic mass is 9.96. The van der Waals surface area contributed by atoms with Crippen LogP contribution in [0.2, 0.25) is 0 Å². The van der Waals surface area contributed by atoms with E-state index < -0.39 is 15.6 Å². The van der Waals surface area contributed by atoms with E-state index in [1.165, 1.54) is 13.2 Å². The van der Waals surface area contributed by atoms with Crippen molar-refractivity contribution in [3.63, 3.8) is 0 Å². The molecule has 0 atom stereocenters. The maximum Gasteiger partial charge on any atom is 0.264 e. The highest BCUT2D eigenvalue weighted by molar-refractivity contribution is 7.92. The minimum atomic E-state index is -4.09. The van der Waals surface area contributed by atoms with Gasteiger partial charge in [0.25, 0.3) is 15.9 Å². The highest BCUT2D eigenvalue weighted by Crippen LogP contribution is 2.40. The van der Waals surface area contributed by atoms with Crippen LogP contribution in [0.25, 0.3) is 11.1 Å². The zero-order valence-electron chi connectivity index (χ0n) is 27.3. The number of amides is 2. The summed E-state index contributed by atoms with van der Waals surface area (Å²) in [6, 6.07) is 12.5. The molecule has 11 nitrogen and oxygen atoms in total. The minimum absolute atomic E-state index is 0.0511. The minimum Gasteiger partial charge on any atom is -0.375 e. The molecular formula is C34H43N5O6S. The van der Waals surface area contributed by atoms with Gasteiger partial charge in [-0.2, -0.15) is 0 Å². The zero-order chi connectivity index (χ0) is 33.1. The van der Waals surface area contributed by atoms with E-state index in [1.807, 2.05) is 23.1 Å². The van der Waals surface area contributed by atoms with E-state index in [0.717, 1.165) is 61.9 Å². The van der Waals surface area contributed by atoms with Crippen LogP contribution in [0.15, 0.2) is 56.9 Å². The van der Waals surface area contributed by atoms with Crippen LogP contribution in [0.3, 0.4) is 0 Å². The molecule has 0 unspecified atom stereocenters. The Hall–Kier alpha value is -4.03. The average Bonchev–Trinajstić information content (AvgIpc) is 3.71. The van der Waals surface area contributed by atoms with Crippen molar-refractivity contribution in [2.75, 3.05) is 25.5 Å². The fourth-order valence-corrected chi connectivity index (χ4v) is 7.48. The number of amidine groups is 1. The first kappa shape index (κ1) is 33.3. The number of anilines is 1. The Bertz CT molecular complexity index is 1740. The number of hydrogen-bond donors (Lipinski definition) is 1. The molecule has 1 aromatic heterocycles. The molecule has 5 rings (SSSR count). The third kappa shape index (κ3) is 6.73. The fraction of sp³-hybridized carbons (Fsp3) is 0.471. The smallest absolute Gasteiger partial charge is 0.264 e. The second kappa shape index (κ2) is 13.8. The van der Waals surface area contributed by atoms with Crippen molar-refractivity contribution in [2.24, 2.45) is 4.99 Å². The molecule has 1 saturated carbocycles. The van der Waals surface area contributed by atoms with E-state index in [9.17, 15) is 18.0 Å². The second-order valence-electron chi connectivity index (χ2n) is 12.3. The summed E-state index contributed by atoms with van der Waals surface area (Å²) in [5.41, 5.74) is 3.25. The normalized spacial score (nSPS) is 15.9. The molecule has 0 saturated heterocycles. The van der Waals surface area contributed by atoms with Crippen molar-refractivity contribution in [2.45, 2.75) is 89.2 Å². The number of carbonyl (C=O) groups is 2. The number of carbonyl (C=O) groups excluding carboxylic acids is 2. The molecule has 1 fully saturated rings. The number of ether oxygens (including phenoxy) is 1. The van der Waals surface area contributed by atoms with Crippen LogP contribution in [0.1, 0.15) is 74.3 Å². The molecule has 0 bridgehead atoms. The quantitative estimate of drug-likeness (QED) is 0.254. The summed E-state index contributed by atoms with van der Waals surface area (Å²) in [6.45, 7) is 6.05. The van der Waals surface area contributed by atoms with Crippen molar-refractivity contribution in [1.82, 2.24) is 15.0 Å². The van der Waals surface area contributed by atoms with Crippen molar-refractivity contribution >= 4 is 33.6 Å². The number of hydrogen-bond acceptors (Lipinski definition) is 8. The zero-order valence-corrected chi connectivity index (χ0v) is 28.1. The molecule has 246 valence electrons. The van der Waals surface area contributed by atoms with Crippen molar-refractivity contribution in [3.05, 3.63) is 64.8 Å². The Morgan fingerprint density at radius 1 is 1.13 bits per heavy atom. The second-order valence-corrected chi connectivity index (χ2v) is 13.9. The fourth-order valence-electron chi connectivity index (χ4n) is 6.21. The number of aromatic nitrogens is 1. The van der Waals surface area contributed by atoms with Crippen LogP contribution in [-0.2, 0) is 37.4 Å². The molecule has 2 heterocycles. The molecule has 12 heteroatoms. The first-order chi connectivity index (χ1) is 22.0. The summed E-state index contributed by atoms with van der Waals surface area (Å²) in [7, 11) is -0.945. The highest BCUT2D eigenvalue weighted by atomic mass is 32.2. The highest BCUT2D eigenvalue weighted by Gasteiger charge is 2.49. The first-order valence-corrected chi connectivity index (χ1v) is 17.3. The number of sulfonamides is 1. The van der Waals surface area contributed by atoms with Gasteiger partial charge >= 0.3 is 0 Å². The molecule has 2 amide bonds. The molecule has 2 aromatic carbocycles. The van der Waals surface area contributed by atoms with Gasteiger partial charge in [0.15, 0.2) is 0 Å². The lowest BCUT2D eigenvalue weighted by molar-refractivity contribution is -0.134. The molecule has 3 aromatic rings. The number of nitrogens with zero attached hydrogens (tertiary/aromatic N) is 4. The van der Waals surface area contributed by atoms with Crippen LogP contribution >= 0.6 is 0 Å². The van der Waals surface area contributed by atoms with E-state index >= 15 is 0 Å². The topological polar surface area (TPSA) is 134 Å². The van der Waals surface area contributed by atoms with Crippen LogP contribution in [0, 0.1) is 13.8 Å². The van der Waals surface area contributed by atoms with Gasteiger partial charge in [0.2, 0.25) is 11.8 Å². The Morgan fingerprint density at radius 3 is 2.54 bits per heavy atom. The number of likely N-dealkylation sites (N-methyl/N-ethyl adjacent to an activating group) is 1. The average molecular weight is 650 g/mol. The summed E-state index contributed by atoms with van der Waals surface area (Å²) in [5, 5.41) is 3.87. The third-order valence-electron chi connectivity index (χ3n) is 8.94. The van der Waals surface area contributed by atoms with Gasteiger partial charge in [-0.3, -0.25) is 19.5 Å². The number of unbranched alkanes of at least 4 members (excludes halogenated alkanes) is 1. The van der Waals surface area contributed by atoms with E-state index in [-0.39, 0.29) is 35.7 Å². The molecule has 2 aliphatic rings. The number of nitrogens with one attached hydrogen (secondary N) is 1. The Balaban J connectivity index is 1.53. The van der Waals surface area contributed by atoms with Gasteiger partial charge in [0.1, 0.15) is 18.0 Å². The predicted molar refractivity (Wildman–Crippen MR) is 176 cm³/mol. The van der Waals surface area contributed by atoms with E-state index in [1.54, 1.807) is 44.0 Å². The summed E-state index contributed by atoms with van der Waals surface area (Å²) in [6.07, 6.45) is 6.24. The monoisotopic (exact) mass is 649 g/mol. The lowest BCUT2D eigenvalue weighted by Crippen LogP contribution is -2.40. The third-order valence-corrected chi connectivity index (χ3v) is 10.3. The largest absolute Gasteiger partial charge is 0.375 e. The molecule has 1 spiro atoms. The molecular weight excluding hydrogens is 606 g/mol. The number of rotatable bonds is 13. The first-order valence-electron chi connectivity index (χ1n) is 15.8. The van der Waals surface area contributed by atoms with Gasteiger partial charge in [0.05, 0.1) is 17.1 Å². The van der Waals surface area contributed by atoms with Crippen LogP contribution in [0.4, 0.5) is 5.88 Å². The van der Waals surface area contributed by atoms with E-state index in [0.29, 0.717) is 28.9 Å². The van der Waals surface area contributed by atoms with Gasteiger partial charge in [-0.25, -0.2) is 13.1 Å². The van der Waals surface area contributed by atoms with Crippen LogP contribution in [-0.4, -0.2) is 67.3 Å². The standard InChI is InChI=1S/C34H43N5O6S/c1-6-7-14-30-35-34(17-10-11-18-34)33(41)39(30)20-25-15-16-27(26(19-25)21-38(4)31(40)22-44-5)28-12-8-9-13-29(28)46(42,43)37-32-23(2)24(3)36-45-32/h8-9,12-13,15-16,19,37H,6-7,10-11,14,17-18,20-22H2,1-5H3. The molecule has 1 N–H and O–H groups in total. The van der Waals surface area contributed by atoms with Gasteiger partial charge in [0, 0.05) is 38.2 Å². The summed E-state index contributed by atoms with van der Waals surface area (Å²) < 4.78 is 40.3. The Kier molecular flexibility index (Phi) is 9.97. The molecule has 46 heavy (non-hydrogen) atoms. The number of aryl methyl sites for hydroxylation is 1. The summed E-state index contributed by atoms with van der Waals surface area (Å²) in [5.74, 6) is 0.745. The van der Waals surface area contributed by atoms with Gasteiger partial charge in [-0.15, -0.1) is 0 Å². The van der Waals surface area contributed by atoms with E-state index in [2.05, 4.69) is 16.8 Å².